The average Bonchev–Trinajstić information content (AvgIpc) is 2.01. The van der Waals surface area contributed by atoms with E-state index in [1.54, 1.807) is 6.07 Å². The molecule has 2 rings (SSSR count). The van der Waals surface area contributed by atoms with Crippen molar-refractivity contribution >= 4 is 23.4 Å². The highest BCUT2D eigenvalue weighted by atomic mass is 35.5. The molecule has 13 heavy (non-hydrogen) atoms. The molecule has 0 N–H and O–H groups in total. The van der Waals surface area contributed by atoms with Gasteiger partial charge in [-0.25, -0.2) is 4.98 Å². The zero-order valence-electron chi connectivity index (χ0n) is 7.07. The summed E-state index contributed by atoms with van der Waals surface area (Å²) in [4.78, 5) is 4.21. The van der Waals surface area contributed by atoms with Crippen LogP contribution >= 0.6 is 23.4 Å². The lowest BCUT2D eigenvalue weighted by Crippen LogP contribution is -2.30. The number of hydrogen-bond donors (Lipinski definition) is 0. The molecule has 1 fully saturated rings. The van der Waals surface area contributed by atoms with Crippen molar-refractivity contribution < 1.29 is 4.74 Å². The number of nitrogens with zero attached hydrogens (tertiary/aromatic N) is 1. The van der Waals surface area contributed by atoms with Crippen molar-refractivity contribution in [3.63, 3.8) is 0 Å². The number of aromatic nitrogens is 1. The lowest BCUT2D eigenvalue weighted by Gasteiger charge is -2.24. The largest absolute Gasteiger partial charge is 0.379 e. The third kappa shape index (κ3) is 2.59. The van der Waals surface area contributed by atoms with Gasteiger partial charge in [-0.3, -0.25) is 0 Å². The molecule has 1 aromatic rings. The molecule has 0 atom stereocenters. The second-order valence-corrected chi connectivity index (χ2v) is 4.60. The Morgan fingerprint density at radius 2 is 2.38 bits per heavy atom. The van der Waals surface area contributed by atoms with Crippen LogP contribution in [0.25, 0.3) is 0 Å². The molecule has 0 aromatic carbocycles. The number of halogens is 1. The summed E-state index contributed by atoms with van der Waals surface area (Å²) in [6, 6.07) is 5.73. The predicted octanol–water partition coefficient (Wildman–Crippen LogP) is 2.37. The van der Waals surface area contributed by atoms with E-state index in [1.807, 2.05) is 23.9 Å². The maximum absolute atomic E-state index is 5.76. The second-order valence-electron chi connectivity index (χ2n) is 2.92. The van der Waals surface area contributed by atoms with E-state index in [1.165, 1.54) is 0 Å². The van der Waals surface area contributed by atoms with Crippen LogP contribution in [0.2, 0.25) is 5.15 Å². The van der Waals surface area contributed by atoms with Crippen LogP contribution in [-0.2, 0) is 10.5 Å². The second kappa shape index (κ2) is 4.31. The molecule has 2 heterocycles. The van der Waals surface area contributed by atoms with Gasteiger partial charge in [-0.1, -0.05) is 17.7 Å². The summed E-state index contributed by atoms with van der Waals surface area (Å²) in [7, 11) is 0. The fraction of sp³-hybridized carbons (Fsp3) is 0.444. The molecule has 0 unspecified atom stereocenters. The molecular formula is C9H10ClNOS. The molecule has 2 nitrogen and oxygen atoms in total. The van der Waals surface area contributed by atoms with E-state index in [2.05, 4.69) is 4.98 Å². The molecule has 0 radical (unpaired) electrons. The number of pyridine rings is 1. The van der Waals surface area contributed by atoms with Gasteiger partial charge >= 0.3 is 0 Å². The Balaban J connectivity index is 1.86. The Morgan fingerprint density at radius 1 is 1.54 bits per heavy atom. The molecular weight excluding hydrogens is 206 g/mol. The normalized spacial score (nSPS) is 17.0. The quantitative estimate of drug-likeness (QED) is 0.723. The number of thioether (sulfide) groups is 1. The highest BCUT2D eigenvalue weighted by Gasteiger charge is 2.18. The van der Waals surface area contributed by atoms with Gasteiger partial charge in [0.15, 0.2) is 0 Å². The van der Waals surface area contributed by atoms with Gasteiger partial charge in [0.25, 0.3) is 0 Å². The first-order valence-electron chi connectivity index (χ1n) is 4.15. The zero-order valence-corrected chi connectivity index (χ0v) is 8.64. The highest BCUT2D eigenvalue weighted by Crippen LogP contribution is 2.22. The third-order valence-corrected chi connectivity index (χ3v) is 3.26. The van der Waals surface area contributed by atoms with E-state index in [0.29, 0.717) is 10.4 Å². The van der Waals surface area contributed by atoms with Crippen LogP contribution in [-0.4, -0.2) is 23.4 Å². The van der Waals surface area contributed by atoms with Gasteiger partial charge in [0.05, 0.1) is 24.2 Å². The molecule has 0 bridgehead atoms. The number of rotatable bonds is 3. The molecule has 1 saturated heterocycles. The van der Waals surface area contributed by atoms with Crippen LogP contribution in [0.15, 0.2) is 18.2 Å². The Kier molecular flexibility index (Phi) is 3.09. The van der Waals surface area contributed by atoms with Gasteiger partial charge < -0.3 is 4.74 Å². The van der Waals surface area contributed by atoms with Crippen LogP contribution in [0.3, 0.4) is 0 Å². The van der Waals surface area contributed by atoms with E-state index >= 15 is 0 Å². The van der Waals surface area contributed by atoms with E-state index in [0.717, 1.165) is 24.7 Å². The molecule has 70 valence electrons. The smallest absolute Gasteiger partial charge is 0.129 e. The van der Waals surface area contributed by atoms with Crippen molar-refractivity contribution in [3.05, 3.63) is 29.0 Å². The number of ether oxygens (including phenoxy) is 1. The minimum absolute atomic E-state index is 0.572. The van der Waals surface area contributed by atoms with Gasteiger partial charge in [-0.15, -0.1) is 11.8 Å². The van der Waals surface area contributed by atoms with Gasteiger partial charge in [-0.2, -0.15) is 0 Å². The summed E-state index contributed by atoms with van der Waals surface area (Å²) in [5, 5.41) is 1.23. The highest BCUT2D eigenvalue weighted by molar-refractivity contribution is 7.99. The Bertz CT molecular complexity index is 291. The van der Waals surface area contributed by atoms with Crippen molar-refractivity contribution in [2.75, 3.05) is 13.2 Å². The monoisotopic (exact) mass is 215 g/mol. The lowest BCUT2D eigenvalue weighted by atomic mass is 10.4. The average molecular weight is 216 g/mol. The van der Waals surface area contributed by atoms with E-state index < -0.39 is 0 Å². The fourth-order valence-corrected chi connectivity index (χ4v) is 2.18. The zero-order chi connectivity index (χ0) is 9.10. The molecule has 0 amide bonds. The van der Waals surface area contributed by atoms with Gasteiger partial charge in [0, 0.05) is 5.75 Å². The van der Waals surface area contributed by atoms with Crippen LogP contribution in [0, 0.1) is 0 Å². The van der Waals surface area contributed by atoms with Crippen molar-refractivity contribution in [1.29, 1.82) is 0 Å². The standard InChI is InChI=1S/C9H10ClNOS/c10-9-3-1-2-7(11-9)6-13-8-4-12-5-8/h1-3,8H,4-6H2. The summed E-state index contributed by atoms with van der Waals surface area (Å²) < 4.78 is 5.08. The van der Waals surface area contributed by atoms with Crippen LogP contribution in [0.5, 0.6) is 0 Å². The molecule has 4 heteroatoms. The van der Waals surface area contributed by atoms with Crippen molar-refractivity contribution in [3.8, 4) is 0 Å². The summed E-state index contributed by atoms with van der Waals surface area (Å²) in [6.07, 6.45) is 0. The Hall–Kier alpha value is -0.250. The first-order valence-corrected chi connectivity index (χ1v) is 5.58. The number of hydrogen-bond acceptors (Lipinski definition) is 3. The minimum Gasteiger partial charge on any atom is -0.379 e. The molecule has 0 saturated carbocycles. The molecule has 1 aliphatic heterocycles. The summed E-state index contributed by atoms with van der Waals surface area (Å²) >= 11 is 7.64. The van der Waals surface area contributed by atoms with Crippen molar-refractivity contribution in [2.24, 2.45) is 0 Å². The van der Waals surface area contributed by atoms with Gasteiger partial charge in [-0.05, 0) is 12.1 Å². The molecule has 1 aliphatic rings. The maximum Gasteiger partial charge on any atom is 0.129 e. The predicted molar refractivity (Wildman–Crippen MR) is 55.1 cm³/mol. The summed E-state index contributed by atoms with van der Waals surface area (Å²) in [5.74, 6) is 0.925. The molecule has 0 spiro atoms. The SMILES string of the molecule is Clc1cccc(CSC2COC2)n1. The summed E-state index contributed by atoms with van der Waals surface area (Å²) in [6.45, 7) is 1.76. The van der Waals surface area contributed by atoms with E-state index in [9.17, 15) is 0 Å². The van der Waals surface area contributed by atoms with E-state index in [-0.39, 0.29) is 0 Å². The topological polar surface area (TPSA) is 22.1 Å². The van der Waals surface area contributed by atoms with Crippen LogP contribution in [0.4, 0.5) is 0 Å². The third-order valence-electron chi connectivity index (χ3n) is 1.85. The Labute approximate surface area is 86.6 Å². The van der Waals surface area contributed by atoms with Gasteiger partial charge in [0.2, 0.25) is 0 Å². The van der Waals surface area contributed by atoms with Crippen molar-refractivity contribution in [1.82, 2.24) is 4.98 Å². The first kappa shape index (κ1) is 9.31. The van der Waals surface area contributed by atoms with Gasteiger partial charge in [0.1, 0.15) is 5.15 Å². The summed E-state index contributed by atoms with van der Waals surface area (Å²) in [5.41, 5.74) is 1.05. The van der Waals surface area contributed by atoms with E-state index in [4.69, 9.17) is 16.3 Å². The minimum atomic E-state index is 0.572. The van der Waals surface area contributed by atoms with Crippen LogP contribution in [0.1, 0.15) is 5.69 Å². The Morgan fingerprint density at radius 3 is 3.00 bits per heavy atom. The molecule has 0 aliphatic carbocycles. The lowest BCUT2D eigenvalue weighted by molar-refractivity contribution is 0.0455. The van der Waals surface area contributed by atoms with Crippen molar-refractivity contribution in [2.45, 2.75) is 11.0 Å². The maximum atomic E-state index is 5.76. The fourth-order valence-electron chi connectivity index (χ4n) is 1.04. The molecule has 1 aromatic heterocycles. The first-order chi connectivity index (χ1) is 6.34. The van der Waals surface area contributed by atoms with Crippen LogP contribution < -0.4 is 0 Å².